The summed E-state index contributed by atoms with van der Waals surface area (Å²) in [5.41, 5.74) is 0.979. The number of nitrogens with zero attached hydrogens (tertiary/aromatic N) is 4. The van der Waals surface area contributed by atoms with Gasteiger partial charge in [0.05, 0.1) is 5.52 Å². The van der Waals surface area contributed by atoms with Crippen molar-refractivity contribution in [3.63, 3.8) is 0 Å². The highest BCUT2D eigenvalue weighted by molar-refractivity contribution is 5.89. The third kappa shape index (κ3) is 2.79. The summed E-state index contributed by atoms with van der Waals surface area (Å²) in [6.07, 6.45) is 5.53. The van der Waals surface area contributed by atoms with Crippen molar-refractivity contribution in [2.45, 2.75) is 38.3 Å². The number of hydrogen-bond acceptors (Lipinski definition) is 3. The number of hydrogen-bond donors (Lipinski definition) is 1. The second kappa shape index (κ2) is 5.85. The number of urea groups is 1. The van der Waals surface area contributed by atoms with E-state index in [9.17, 15) is 4.79 Å². The van der Waals surface area contributed by atoms with Gasteiger partial charge in [0.25, 0.3) is 0 Å². The molecule has 2 fully saturated rings. The van der Waals surface area contributed by atoms with E-state index in [1.165, 1.54) is 25.9 Å². The van der Waals surface area contributed by atoms with Gasteiger partial charge < -0.3 is 4.90 Å². The fourth-order valence-corrected chi connectivity index (χ4v) is 3.84. The highest BCUT2D eigenvalue weighted by Gasteiger charge is 2.36. The van der Waals surface area contributed by atoms with Gasteiger partial charge in [-0.2, -0.15) is 0 Å². The lowest BCUT2D eigenvalue weighted by Crippen LogP contribution is -2.40. The van der Waals surface area contributed by atoms with E-state index in [0.29, 0.717) is 11.9 Å². The molecule has 0 spiro atoms. The molecule has 0 radical (unpaired) electrons. The van der Waals surface area contributed by atoms with Gasteiger partial charge in [-0.1, -0.05) is 6.07 Å². The summed E-state index contributed by atoms with van der Waals surface area (Å²) in [6, 6.07) is 8.52. The van der Waals surface area contributed by atoms with Crippen LogP contribution in [0, 0.1) is 0 Å². The van der Waals surface area contributed by atoms with Gasteiger partial charge in [0.2, 0.25) is 0 Å². The van der Waals surface area contributed by atoms with Crippen LogP contribution < -0.4 is 5.32 Å². The number of anilines is 1. The second-order valence-corrected chi connectivity index (χ2v) is 6.66. The Morgan fingerprint density at radius 3 is 2.91 bits per heavy atom. The molecule has 23 heavy (non-hydrogen) atoms. The molecule has 2 amide bonds. The minimum absolute atomic E-state index is 0.0393. The molecule has 0 aromatic carbocycles. The number of aromatic nitrogens is 2. The summed E-state index contributed by atoms with van der Waals surface area (Å²) in [4.78, 5) is 17.1. The number of likely N-dealkylation sites (tertiary alicyclic amines) is 2. The largest absolute Gasteiger partial charge is 0.323 e. The highest BCUT2D eigenvalue weighted by Crippen LogP contribution is 2.25. The van der Waals surface area contributed by atoms with Gasteiger partial charge in [-0.3, -0.25) is 10.2 Å². The number of nitrogens with one attached hydrogen (secondary N) is 1. The number of carbonyl (C=O) groups is 1. The standard InChI is InChI=1S/C17H23N5O/c1-13-10-15(20-7-4-5-8-20)12-21(13)17(23)18-16-11-14-6-2-3-9-22(14)19-16/h2-3,6,9,11,13,15H,4-5,7-8,10,12H2,1H3,(H,18,19,23). The van der Waals surface area contributed by atoms with Gasteiger partial charge in [-0.05, 0) is 51.4 Å². The first kappa shape index (κ1) is 14.5. The van der Waals surface area contributed by atoms with Crippen molar-refractivity contribution in [1.29, 1.82) is 0 Å². The van der Waals surface area contributed by atoms with E-state index in [1.807, 2.05) is 35.4 Å². The Bertz CT molecular complexity index is 673. The average Bonchev–Trinajstić information content (AvgIpc) is 3.25. The lowest BCUT2D eigenvalue weighted by molar-refractivity contribution is 0.202. The summed E-state index contributed by atoms with van der Waals surface area (Å²) in [7, 11) is 0. The van der Waals surface area contributed by atoms with Gasteiger partial charge in [0, 0.05) is 30.9 Å². The van der Waals surface area contributed by atoms with E-state index in [0.717, 1.165) is 18.5 Å². The van der Waals surface area contributed by atoms with E-state index in [-0.39, 0.29) is 12.1 Å². The molecule has 2 aromatic heterocycles. The molecule has 2 unspecified atom stereocenters. The van der Waals surface area contributed by atoms with E-state index in [4.69, 9.17) is 0 Å². The number of fused-ring (bicyclic) bond motifs is 1. The molecule has 0 aliphatic carbocycles. The van der Waals surface area contributed by atoms with Crippen LogP contribution >= 0.6 is 0 Å². The van der Waals surface area contributed by atoms with Crippen LogP contribution in [0.5, 0.6) is 0 Å². The van der Waals surface area contributed by atoms with Crippen LogP contribution in [-0.2, 0) is 0 Å². The van der Waals surface area contributed by atoms with Crippen LogP contribution in [0.15, 0.2) is 30.5 Å². The summed E-state index contributed by atoms with van der Waals surface area (Å²) in [5.74, 6) is 0.609. The molecule has 0 saturated carbocycles. The fraction of sp³-hybridized carbons (Fsp3) is 0.529. The number of pyridine rings is 1. The Balaban J connectivity index is 1.44. The van der Waals surface area contributed by atoms with Crippen molar-refractivity contribution in [2.75, 3.05) is 25.0 Å². The van der Waals surface area contributed by atoms with Crippen molar-refractivity contribution < 1.29 is 4.79 Å². The molecular weight excluding hydrogens is 290 g/mol. The van der Waals surface area contributed by atoms with Gasteiger partial charge >= 0.3 is 6.03 Å². The van der Waals surface area contributed by atoms with Crippen LogP contribution in [-0.4, -0.2) is 57.2 Å². The summed E-state index contributed by atoms with van der Waals surface area (Å²) >= 11 is 0. The predicted molar refractivity (Wildman–Crippen MR) is 89.6 cm³/mol. The molecule has 6 nitrogen and oxygen atoms in total. The maximum atomic E-state index is 12.6. The van der Waals surface area contributed by atoms with Crippen molar-refractivity contribution in [3.05, 3.63) is 30.5 Å². The van der Waals surface area contributed by atoms with Crippen molar-refractivity contribution >= 4 is 17.4 Å². The van der Waals surface area contributed by atoms with Crippen LogP contribution in [0.3, 0.4) is 0 Å². The molecule has 2 aliphatic heterocycles. The maximum Gasteiger partial charge on any atom is 0.323 e. The van der Waals surface area contributed by atoms with Gasteiger partial charge in [-0.25, -0.2) is 9.31 Å². The summed E-state index contributed by atoms with van der Waals surface area (Å²) < 4.78 is 1.77. The Kier molecular flexibility index (Phi) is 3.69. The van der Waals surface area contributed by atoms with Crippen LogP contribution in [0.4, 0.5) is 10.6 Å². The molecule has 2 aliphatic rings. The lowest BCUT2D eigenvalue weighted by Gasteiger charge is -2.24. The molecule has 0 bridgehead atoms. The van der Waals surface area contributed by atoms with Crippen LogP contribution in [0.1, 0.15) is 26.2 Å². The third-order valence-electron chi connectivity index (χ3n) is 5.08. The Labute approximate surface area is 136 Å². The normalized spacial score (nSPS) is 25.3. The second-order valence-electron chi connectivity index (χ2n) is 6.66. The zero-order chi connectivity index (χ0) is 15.8. The fourth-order valence-electron chi connectivity index (χ4n) is 3.84. The molecule has 1 N–H and O–H groups in total. The first-order chi connectivity index (χ1) is 11.2. The molecule has 2 aromatic rings. The van der Waals surface area contributed by atoms with E-state index in [1.54, 1.807) is 4.52 Å². The number of rotatable bonds is 2. The Morgan fingerprint density at radius 2 is 2.13 bits per heavy atom. The van der Waals surface area contributed by atoms with Gasteiger partial charge in [-0.15, -0.1) is 5.10 Å². The van der Waals surface area contributed by atoms with Crippen LogP contribution in [0.25, 0.3) is 5.52 Å². The molecular formula is C17H23N5O. The molecule has 122 valence electrons. The van der Waals surface area contributed by atoms with Crippen LogP contribution in [0.2, 0.25) is 0 Å². The first-order valence-corrected chi connectivity index (χ1v) is 8.47. The predicted octanol–water partition coefficient (Wildman–Crippen LogP) is 2.42. The Morgan fingerprint density at radius 1 is 1.30 bits per heavy atom. The zero-order valence-electron chi connectivity index (χ0n) is 13.5. The molecule has 6 heteroatoms. The zero-order valence-corrected chi connectivity index (χ0v) is 13.5. The van der Waals surface area contributed by atoms with Gasteiger partial charge in [0.1, 0.15) is 0 Å². The van der Waals surface area contributed by atoms with Crippen molar-refractivity contribution in [1.82, 2.24) is 19.4 Å². The Hall–Kier alpha value is -2.08. The summed E-state index contributed by atoms with van der Waals surface area (Å²) in [5, 5.41) is 7.34. The topological polar surface area (TPSA) is 52.9 Å². The quantitative estimate of drug-likeness (QED) is 0.926. The first-order valence-electron chi connectivity index (χ1n) is 8.47. The molecule has 4 rings (SSSR count). The lowest BCUT2D eigenvalue weighted by atomic mass is 10.2. The minimum Gasteiger partial charge on any atom is -0.320 e. The highest BCUT2D eigenvalue weighted by atomic mass is 16.2. The molecule has 2 saturated heterocycles. The maximum absolute atomic E-state index is 12.6. The van der Waals surface area contributed by atoms with Crippen molar-refractivity contribution in [3.8, 4) is 0 Å². The minimum atomic E-state index is -0.0393. The molecule has 4 heterocycles. The average molecular weight is 313 g/mol. The smallest absolute Gasteiger partial charge is 0.320 e. The third-order valence-corrected chi connectivity index (χ3v) is 5.08. The number of carbonyl (C=O) groups excluding carboxylic acids is 1. The van der Waals surface area contributed by atoms with Gasteiger partial charge in [0.15, 0.2) is 5.82 Å². The van der Waals surface area contributed by atoms with E-state index < -0.39 is 0 Å². The number of amides is 2. The summed E-state index contributed by atoms with van der Waals surface area (Å²) in [6.45, 7) is 5.32. The van der Waals surface area contributed by atoms with E-state index in [2.05, 4.69) is 22.2 Å². The SMILES string of the molecule is CC1CC(N2CCCC2)CN1C(=O)Nc1cc2ccccn2n1. The molecule has 2 atom stereocenters. The monoisotopic (exact) mass is 313 g/mol. The van der Waals surface area contributed by atoms with E-state index >= 15 is 0 Å². The van der Waals surface area contributed by atoms with Crippen molar-refractivity contribution in [2.24, 2.45) is 0 Å².